The van der Waals surface area contributed by atoms with Crippen molar-refractivity contribution in [3.8, 4) is 0 Å². The third kappa shape index (κ3) is 4.78. The van der Waals surface area contributed by atoms with E-state index < -0.39 is 9.84 Å². The number of benzene rings is 2. The monoisotopic (exact) mass is 443 g/mol. The van der Waals surface area contributed by atoms with E-state index in [1.807, 2.05) is 59.5 Å². The Balaban J connectivity index is 1.40. The molecule has 2 fully saturated rings. The lowest BCUT2D eigenvalue weighted by Gasteiger charge is -2.32. The molecule has 0 spiro atoms. The summed E-state index contributed by atoms with van der Waals surface area (Å²) in [5.74, 6) is 0.465. The van der Waals surface area contributed by atoms with Crippen LogP contribution in [-0.2, 0) is 9.84 Å². The highest BCUT2D eigenvalue weighted by Gasteiger charge is 2.32. The molecule has 30 heavy (non-hydrogen) atoms. The molecule has 1 unspecified atom stereocenters. The average molecular weight is 444 g/mol. The van der Waals surface area contributed by atoms with Gasteiger partial charge in [-0.05, 0) is 31.4 Å². The van der Waals surface area contributed by atoms with Crippen molar-refractivity contribution in [3.63, 3.8) is 0 Å². The summed E-state index contributed by atoms with van der Waals surface area (Å²) in [7, 11) is -2.95. The van der Waals surface area contributed by atoms with E-state index in [1.54, 1.807) is 0 Å². The number of ketones is 1. The zero-order valence-corrected chi connectivity index (χ0v) is 18.3. The molecule has 2 saturated heterocycles. The first kappa shape index (κ1) is 21.1. The SMILES string of the molecule is O=C(c1ccccc1)C1CCN(C(=O)c2ccccc2SC2CCS(=O)(=O)C2)CC1. The van der Waals surface area contributed by atoms with Gasteiger partial charge in [0.15, 0.2) is 15.6 Å². The van der Waals surface area contributed by atoms with Crippen LogP contribution in [0.4, 0.5) is 0 Å². The molecule has 0 saturated carbocycles. The van der Waals surface area contributed by atoms with E-state index in [0.29, 0.717) is 37.9 Å². The third-order valence-corrected chi connectivity index (χ3v) is 9.14. The zero-order chi connectivity index (χ0) is 21.1. The van der Waals surface area contributed by atoms with Gasteiger partial charge in [0.25, 0.3) is 5.91 Å². The second-order valence-corrected chi connectivity index (χ2v) is 11.5. The van der Waals surface area contributed by atoms with Gasteiger partial charge in [-0.3, -0.25) is 9.59 Å². The van der Waals surface area contributed by atoms with Crippen molar-refractivity contribution in [2.75, 3.05) is 24.6 Å². The molecular weight excluding hydrogens is 418 g/mol. The molecule has 5 nitrogen and oxygen atoms in total. The van der Waals surface area contributed by atoms with Crippen LogP contribution in [0.15, 0.2) is 59.5 Å². The lowest BCUT2D eigenvalue weighted by molar-refractivity contribution is 0.0647. The Labute approximate surface area is 181 Å². The summed E-state index contributed by atoms with van der Waals surface area (Å²) in [6, 6.07) is 16.8. The standard InChI is InChI=1S/C23H25NO4S2/c25-22(17-6-2-1-3-7-17)18-10-13-24(14-11-18)23(26)20-8-4-5-9-21(20)29-19-12-15-30(27,28)16-19/h1-9,18-19H,10-16H2. The van der Waals surface area contributed by atoms with Crippen LogP contribution in [0, 0.1) is 5.92 Å². The van der Waals surface area contributed by atoms with E-state index in [4.69, 9.17) is 0 Å². The van der Waals surface area contributed by atoms with E-state index in [9.17, 15) is 18.0 Å². The molecule has 0 radical (unpaired) electrons. The van der Waals surface area contributed by atoms with Gasteiger partial charge in [0.1, 0.15) is 0 Å². The highest BCUT2D eigenvalue weighted by atomic mass is 32.2. The molecule has 7 heteroatoms. The minimum Gasteiger partial charge on any atom is -0.339 e. The maximum atomic E-state index is 13.2. The molecule has 1 atom stereocenters. The largest absolute Gasteiger partial charge is 0.339 e. The van der Waals surface area contributed by atoms with Crippen molar-refractivity contribution in [3.05, 3.63) is 65.7 Å². The Morgan fingerprint density at radius 1 is 0.900 bits per heavy atom. The van der Waals surface area contributed by atoms with Gasteiger partial charge >= 0.3 is 0 Å². The Morgan fingerprint density at radius 2 is 1.57 bits per heavy atom. The molecule has 2 aliphatic heterocycles. The van der Waals surface area contributed by atoms with Crippen LogP contribution in [0.3, 0.4) is 0 Å². The number of Topliss-reactive ketones (excluding diaryl/α,β-unsaturated/α-hetero) is 1. The lowest BCUT2D eigenvalue weighted by Crippen LogP contribution is -2.40. The van der Waals surface area contributed by atoms with Gasteiger partial charge in [0.2, 0.25) is 0 Å². The molecule has 0 bridgehead atoms. The van der Waals surface area contributed by atoms with E-state index in [-0.39, 0.29) is 34.4 Å². The number of piperidine rings is 1. The number of rotatable bonds is 5. The first-order valence-electron chi connectivity index (χ1n) is 10.3. The van der Waals surface area contributed by atoms with Crippen LogP contribution in [0.1, 0.15) is 40.0 Å². The number of hydrogen-bond donors (Lipinski definition) is 0. The van der Waals surface area contributed by atoms with Crippen LogP contribution in [0.5, 0.6) is 0 Å². The van der Waals surface area contributed by atoms with E-state index in [2.05, 4.69) is 0 Å². The van der Waals surface area contributed by atoms with Gasteiger partial charge < -0.3 is 4.90 Å². The number of hydrogen-bond acceptors (Lipinski definition) is 5. The Morgan fingerprint density at radius 3 is 2.23 bits per heavy atom. The first-order valence-corrected chi connectivity index (χ1v) is 13.0. The second-order valence-electron chi connectivity index (χ2n) is 7.94. The highest BCUT2D eigenvalue weighted by Crippen LogP contribution is 2.34. The first-order chi connectivity index (χ1) is 14.4. The zero-order valence-electron chi connectivity index (χ0n) is 16.7. The number of sulfone groups is 1. The maximum absolute atomic E-state index is 13.2. The van der Waals surface area contributed by atoms with Gasteiger partial charge in [0.05, 0.1) is 17.1 Å². The molecule has 0 N–H and O–H groups in total. The number of amides is 1. The topological polar surface area (TPSA) is 71.5 Å². The van der Waals surface area contributed by atoms with Crippen LogP contribution in [-0.4, -0.2) is 54.9 Å². The van der Waals surface area contributed by atoms with Gasteiger partial charge in [-0.15, -0.1) is 11.8 Å². The molecular formula is C23H25NO4S2. The van der Waals surface area contributed by atoms with Crippen molar-refractivity contribution in [2.45, 2.75) is 29.4 Å². The minimum atomic E-state index is -2.95. The van der Waals surface area contributed by atoms with Crippen LogP contribution in [0.2, 0.25) is 0 Å². The average Bonchev–Trinajstić information content (AvgIpc) is 3.12. The Hall–Kier alpha value is -2.12. The summed E-state index contributed by atoms with van der Waals surface area (Å²) in [5, 5.41) is -0.00169. The fourth-order valence-electron chi connectivity index (χ4n) is 4.13. The van der Waals surface area contributed by atoms with E-state index in [1.165, 1.54) is 11.8 Å². The minimum absolute atomic E-state index is 0.00169. The number of likely N-dealkylation sites (tertiary alicyclic amines) is 1. The summed E-state index contributed by atoms with van der Waals surface area (Å²) in [6.07, 6.45) is 1.95. The summed E-state index contributed by atoms with van der Waals surface area (Å²) < 4.78 is 23.5. The molecule has 1 amide bonds. The van der Waals surface area contributed by atoms with Gasteiger partial charge in [-0.1, -0.05) is 42.5 Å². The fourth-order valence-corrected chi connectivity index (χ4v) is 7.75. The quantitative estimate of drug-likeness (QED) is 0.659. The van der Waals surface area contributed by atoms with Gasteiger partial charge in [0, 0.05) is 34.7 Å². The molecule has 158 valence electrons. The molecule has 2 aromatic rings. The molecule has 0 aromatic heterocycles. The normalized spacial score (nSPS) is 21.5. The maximum Gasteiger partial charge on any atom is 0.254 e. The number of carbonyl (C=O) groups is 2. The summed E-state index contributed by atoms with van der Waals surface area (Å²) in [6.45, 7) is 1.11. The highest BCUT2D eigenvalue weighted by molar-refractivity contribution is 8.02. The van der Waals surface area contributed by atoms with E-state index in [0.717, 1.165) is 10.5 Å². The smallest absolute Gasteiger partial charge is 0.254 e. The van der Waals surface area contributed by atoms with Crippen LogP contribution >= 0.6 is 11.8 Å². The Kier molecular flexibility index (Phi) is 6.29. The number of thioether (sulfide) groups is 1. The Bertz CT molecular complexity index is 1030. The predicted molar refractivity (Wildman–Crippen MR) is 119 cm³/mol. The molecule has 2 heterocycles. The predicted octanol–water partition coefficient (Wildman–Crippen LogP) is 3.70. The van der Waals surface area contributed by atoms with Gasteiger partial charge in [-0.25, -0.2) is 8.42 Å². The molecule has 2 aromatic carbocycles. The van der Waals surface area contributed by atoms with Crippen LogP contribution < -0.4 is 0 Å². The number of nitrogens with zero attached hydrogens (tertiary/aromatic N) is 1. The second kappa shape index (κ2) is 8.94. The number of carbonyl (C=O) groups excluding carboxylic acids is 2. The van der Waals surface area contributed by atoms with E-state index >= 15 is 0 Å². The summed E-state index contributed by atoms with van der Waals surface area (Å²) >= 11 is 1.49. The summed E-state index contributed by atoms with van der Waals surface area (Å²) in [5.41, 5.74) is 1.36. The molecule has 0 aliphatic carbocycles. The summed E-state index contributed by atoms with van der Waals surface area (Å²) in [4.78, 5) is 28.5. The van der Waals surface area contributed by atoms with Crippen molar-refractivity contribution in [1.82, 2.24) is 4.90 Å². The van der Waals surface area contributed by atoms with Crippen molar-refractivity contribution >= 4 is 33.3 Å². The van der Waals surface area contributed by atoms with Crippen molar-refractivity contribution in [2.24, 2.45) is 5.92 Å². The van der Waals surface area contributed by atoms with Gasteiger partial charge in [-0.2, -0.15) is 0 Å². The van der Waals surface area contributed by atoms with Crippen LogP contribution in [0.25, 0.3) is 0 Å². The van der Waals surface area contributed by atoms with Crippen molar-refractivity contribution in [1.29, 1.82) is 0 Å². The fraction of sp³-hybridized carbons (Fsp3) is 0.391. The molecule has 2 aliphatic rings. The lowest BCUT2D eigenvalue weighted by atomic mass is 9.88. The third-order valence-electron chi connectivity index (χ3n) is 5.81. The molecule has 4 rings (SSSR count). The van der Waals surface area contributed by atoms with Crippen molar-refractivity contribution < 1.29 is 18.0 Å².